The Bertz CT molecular complexity index is 434. The van der Waals surface area contributed by atoms with Gasteiger partial charge in [-0.05, 0) is 91.7 Å². The quantitative estimate of drug-likeness (QED) is 0.213. The molecule has 0 aromatic carbocycles. The Hall–Kier alpha value is 0.881. The first-order valence-corrected chi connectivity index (χ1v) is 29.2. The van der Waals surface area contributed by atoms with E-state index < -0.39 is 50.4 Å². The van der Waals surface area contributed by atoms with Gasteiger partial charge in [-0.15, -0.1) is 0 Å². The van der Waals surface area contributed by atoms with E-state index in [4.69, 9.17) is 16.5 Å². The largest absolute Gasteiger partial charge is 0.436 e. The standard InChI is InChI=1S/C18H48O4Si6/c1-23(2,3)19-27(13,20-24(4,5)6)17-15-16-18-28(14,21-25(7,8)9)22-26(10,11)12/h15-16H,17-18H2,1-14H3. The van der Waals surface area contributed by atoms with E-state index >= 15 is 0 Å². The fourth-order valence-electron chi connectivity index (χ4n) is 3.39. The molecule has 0 N–H and O–H groups in total. The van der Waals surface area contributed by atoms with Crippen molar-refractivity contribution in [2.45, 2.75) is 104 Å². The monoisotopic (exact) mass is 496 g/mol. The smallest absolute Gasteiger partial charge is 0.318 e. The average Bonchev–Trinajstić information content (AvgIpc) is 2.24. The molecule has 0 unspecified atom stereocenters. The highest BCUT2D eigenvalue weighted by Gasteiger charge is 2.41. The van der Waals surface area contributed by atoms with Crippen molar-refractivity contribution in [3.8, 4) is 0 Å². The van der Waals surface area contributed by atoms with E-state index in [9.17, 15) is 0 Å². The van der Waals surface area contributed by atoms with Crippen molar-refractivity contribution in [2.75, 3.05) is 0 Å². The summed E-state index contributed by atoms with van der Waals surface area (Å²) in [5, 5.41) is 0. The van der Waals surface area contributed by atoms with Crippen LogP contribution in [0.25, 0.3) is 0 Å². The lowest BCUT2D eigenvalue weighted by Gasteiger charge is -2.38. The summed E-state index contributed by atoms with van der Waals surface area (Å²) in [5.74, 6) is 0. The molecular formula is C18H48O4Si6. The van der Waals surface area contributed by atoms with Crippen molar-refractivity contribution in [3.05, 3.63) is 12.2 Å². The molecule has 0 fully saturated rings. The summed E-state index contributed by atoms with van der Waals surface area (Å²) in [4.78, 5) is 0. The molecule has 0 radical (unpaired) electrons. The maximum atomic E-state index is 6.60. The lowest BCUT2D eigenvalue weighted by atomic mass is 10.6. The normalized spacial score (nSPS) is 15.5. The van der Waals surface area contributed by atoms with Crippen LogP contribution in [0.1, 0.15) is 0 Å². The Balaban J connectivity index is 5.31. The molecule has 0 aliphatic rings. The summed E-state index contributed by atoms with van der Waals surface area (Å²) in [6, 6.07) is 1.79. The van der Waals surface area contributed by atoms with Gasteiger partial charge in [-0.3, -0.25) is 0 Å². The van der Waals surface area contributed by atoms with E-state index in [2.05, 4.69) is 104 Å². The summed E-state index contributed by atoms with van der Waals surface area (Å²) in [6.45, 7) is 31.5. The zero-order valence-electron chi connectivity index (χ0n) is 21.2. The molecule has 0 saturated heterocycles. The first-order chi connectivity index (χ1) is 12.0. The second-order valence-corrected chi connectivity index (χ2v) is 37.5. The Morgan fingerprint density at radius 3 is 0.714 bits per heavy atom. The van der Waals surface area contributed by atoms with Gasteiger partial charge in [0.1, 0.15) is 0 Å². The molecule has 0 atom stereocenters. The van der Waals surface area contributed by atoms with Gasteiger partial charge in [0, 0.05) is 12.1 Å². The average molecular weight is 497 g/mol. The number of allylic oxidation sites excluding steroid dienone is 2. The molecular weight excluding hydrogens is 449 g/mol. The second-order valence-electron chi connectivity index (χ2n) is 12.0. The highest BCUT2D eigenvalue weighted by atomic mass is 28.5. The highest BCUT2D eigenvalue weighted by molar-refractivity contribution is 6.88. The molecule has 0 aliphatic carbocycles. The Morgan fingerprint density at radius 2 is 0.571 bits per heavy atom. The molecule has 0 heterocycles. The van der Waals surface area contributed by atoms with Crippen molar-refractivity contribution in [1.29, 1.82) is 0 Å². The minimum Gasteiger partial charge on any atom is -0.436 e. The third kappa shape index (κ3) is 15.7. The van der Waals surface area contributed by atoms with Gasteiger partial charge >= 0.3 is 17.1 Å². The van der Waals surface area contributed by atoms with Gasteiger partial charge in [-0.25, -0.2) is 0 Å². The Kier molecular flexibility index (Phi) is 10.3. The Labute approximate surface area is 182 Å². The van der Waals surface area contributed by atoms with Crippen LogP contribution >= 0.6 is 0 Å². The third-order valence-electron chi connectivity index (χ3n) is 3.23. The predicted octanol–water partition coefficient (Wildman–Crippen LogP) is 7.09. The molecule has 4 nitrogen and oxygen atoms in total. The van der Waals surface area contributed by atoms with Crippen molar-refractivity contribution in [1.82, 2.24) is 0 Å². The summed E-state index contributed by atoms with van der Waals surface area (Å²) < 4.78 is 26.4. The minimum atomic E-state index is -2.22. The lowest BCUT2D eigenvalue weighted by molar-refractivity contribution is 0.386. The maximum absolute atomic E-state index is 6.60. The van der Waals surface area contributed by atoms with Crippen LogP contribution in [0.2, 0.25) is 104 Å². The maximum Gasteiger partial charge on any atom is 0.318 e. The molecule has 0 aliphatic heterocycles. The van der Waals surface area contributed by atoms with Gasteiger partial charge in [0.05, 0.1) is 0 Å². The lowest BCUT2D eigenvalue weighted by Crippen LogP contribution is -2.52. The van der Waals surface area contributed by atoms with Crippen LogP contribution in [0.5, 0.6) is 0 Å². The van der Waals surface area contributed by atoms with E-state index in [0.717, 1.165) is 12.1 Å². The second kappa shape index (κ2) is 10.0. The Morgan fingerprint density at radius 1 is 0.393 bits per heavy atom. The van der Waals surface area contributed by atoms with Crippen LogP contribution in [0.15, 0.2) is 12.2 Å². The third-order valence-corrected chi connectivity index (χ3v) is 21.9. The van der Waals surface area contributed by atoms with Crippen LogP contribution in [-0.2, 0) is 16.5 Å². The van der Waals surface area contributed by atoms with Crippen LogP contribution in [0.4, 0.5) is 0 Å². The van der Waals surface area contributed by atoms with Gasteiger partial charge in [-0.1, -0.05) is 12.2 Å². The fourth-order valence-corrected chi connectivity index (χ4v) is 27.7. The van der Waals surface area contributed by atoms with E-state index in [1.165, 1.54) is 0 Å². The molecule has 0 amide bonds. The van der Waals surface area contributed by atoms with E-state index in [0.29, 0.717) is 0 Å². The summed E-state index contributed by atoms with van der Waals surface area (Å²) in [7, 11) is -11.1. The van der Waals surface area contributed by atoms with Crippen molar-refractivity contribution < 1.29 is 16.5 Å². The molecule has 168 valence electrons. The SMILES string of the molecule is C[Si](C)(C)O[Si](C)(CC=CC[Si](C)(O[Si](C)(C)C)O[Si](C)(C)C)O[Si](C)(C)C. The van der Waals surface area contributed by atoms with E-state index in [1.807, 2.05) is 0 Å². The molecule has 0 aromatic rings. The molecule has 28 heavy (non-hydrogen) atoms. The summed E-state index contributed by atoms with van der Waals surface area (Å²) in [5.41, 5.74) is 0. The zero-order valence-corrected chi connectivity index (χ0v) is 27.2. The van der Waals surface area contributed by atoms with Gasteiger partial charge in [0.15, 0.2) is 33.3 Å². The van der Waals surface area contributed by atoms with Gasteiger partial charge in [0.25, 0.3) is 0 Å². The summed E-state index contributed by atoms with van der Waals surface area (Å²) in [6.07, 6.45) is 4.55. The molecule has 0 rings (SSSR count). The van der Waals surface area contributed by atoms with E-state index in [-0.39, 0.29) is 0 Å². The number of hydrogen-bond acceptors (Lipinski definition) is 4. The van der Waals surface area contributed by atoms with Gasteiger partial charge in [-0.2, -0.15) is 0 Å². The molecule has 0 aromatic heterocycles. The fraction of sp³-hybridized carbons (Fsp3) is 0.889. The van der Waals surface area contributed by atoms with Crippen molar-refractivity contribution >= 4 is 50.4 Å². The van der Waals surface area contributed by atoms with Crippen molar-refractivity contribution in [3.63, 3.8) is 0 Å². The first-order valence-electron chi connectivity index (χ1n) is 10.5. The van der Waals surface area contributed by atoms with Crippen LogP contribution in [0.3, 0.4) is 0 Å². The molecule has 0 spiro atoms. The molecule has 10 heteroatoms. The number of rotatable bonds is 12. The van der Waals surface area contributed by atoms with Crippen LogP contribution in [-0.4, -0.2) is 50.4 Å². The number of hydrogen-bond donors (Lipinski definition) is 0. The van der Waals surface area contributed by atoms with E-state index in [1.54, 1.807) is 0 Å². The van der Waals surface area contributed by atoms with Crippen LogP contribution in [0, 0.1) is 0 Å². The zero-order chi connectivity index (χ0) is 22.7. The van der Waals surface area contributed by atoms with Crippen molar-refractivity contribution in [2.24, 2.45) is 0 Å². The molecule has 0 bridgehead atoms. The molecule has 0 saturated carbocycles. The predicted molar refractivity (Wildman–Crippen MR) is 140 cm³/mol. The first kappa shape index (κ1) is 28.9. The highest BCUT2D eigenvalue weighted by Crippen LogP contribution is 2.27. The van der Waals surface area contributed by atoms with Gasteiger partial charge in [0.2, 0.25) is 0 Å². The van der Waals surface area contributed by atoms with Gasteiger partial charge < -0.3 is 16.5 Å². The van der Waals surface area contributed by atoms with Crippen LogP contribution < -0.4 is 0 Å². The summed E-state index contributed by atoms with van der Waals surface area (Å²) >= 11 is 0. The minimum absolute atomic E-state index is 0.895. The topological polar surface area (TPSA) is 36.9 Å².